The van der Waals surface area contributed by atoms with E-state index in [9.17, 15) is 19.7 Å². The van der Waals surface area contributed by atoms with E-state index < -0.39 is 16.9 Å². The molecule has 7 nitrogen and oxygen atoms in total. The highest BCUT2D eigenvalue weighted by atomic mass is 16.6. The maximum absolute atomic E-state index is 12.0. The van der Waals surface area contributed by atoms with Crippen molar-refractivity contribution in [3.8, 4) is 0 Å². The Bertz CT molecular complexity index is 569. The summed E-state index contributed by atoms with van der Waals surface area (Å²) >= 11 is 0. The summed E-state index contributed by atoms with van der Waals surface area (Å²) in [5, 5.41) is 10.7. The predicted molar refractivity (Wildman–Crippen MR) is 73.6 cm³/mol. The molecule has 1 heterocycles. The van der Waals surface area contributed by atoms with Gasteiger partial charge in [-0.2, -0.15) is 0 Å². The number of hydrogen-bond donors (Lipinski definition) is 0. The number of rotatable bonds is 4. The Morgan fingerprint density at radius 1 is 1.43 bits per heavy atom. The molecule has 0 aromatic heterocycles. The molecule has 0 aliphatic carbocycles. The lowest BCUT2D eigenvalue weighted by Gasteiger charge is -2.23. The number of non-ortho nitro benzene ring substituents is 1. The molecule has 112 valence electrons. The number of amides is 1. The molecule has 0 N–H and O–H groups in total. The molecule has 7 heteroatoms. The fourth-order valence-corrected chi connectivity index (χ4v) is 2.56. The van der Waals surface area contributed by atoms with Crippen LogP contribution < -0.4 is 0 Å². The van der Waals surface area contributed by atoms with Crippen LogP contribution in [0.15, 0.2) is 24.3 Å². The minimum atomic E-state index is -0.682. The number of ether oxygens (including phenoxy) is 1. The first-order chi connectivity index (χ1) is 9.95. The standard InChI is InChI=1S/C14H16N2O5/c1-3-21-14(18)13-11(8-12(17)15(13)2)9-4-6-10(7-5-9)16(19)20/h4-7,11,13H,3,8H2,1-2H3. The summed E-state index contributed by atoms with van der Waals surface area (Å²) in [5.41, 5.74) is 0.695. The third-order valence-electron chi connectivity index (χ3n) is 3.65. The van der Waals surface area contributed by atoms with Gasteiger partial charge in [-0.1, -0.05) is 12.1 Å². The molecule has 0 spiro atoms. The van der Waals surface area contributed by atoms with Crippen molar-refractivity contribution in [1.29, 1.82) is 0 Å². The van der Waals surface area contributed by atoms with E-state index in [4.69, 9.17) is 4.74 Å². The van der Waals surface area contributed by atoms with Crippen LogP contribution in [0.2, 0.25) is 0 Å². The zero-order valence-electron chi connectivity index (χ0n) is 11.8. The minimum Gasteiger partial charge on any atom is -0.464 e. The van der Waals surface area contributed by atoms with E-state index in [-0.39, 0.29) is 30.5 Å². The topological polar surface area (TPSA) is 89.7 Å². The van der Waals surface area contributed by atoms with Crippen molar-refractivity contribution in [2.75, 3.05) is 13.7 Å². The summed E-state index contributed by atoms with van der Waals surface area (Å²) in [4.78, 5) is 35.5. The first kappa shape index (κ1) is 15.0. The first-order valence-electron chi connectivity index (χ1n) is 6.62. The van der Waals surface area contributed by atoms with Crippen LogP contribution >= 0.6 is 0 Å². The van der Waals surface area contributed by atoms with Crippen molar-refractivity contribution in [2.24, 2.45) is 0 Å². The van der Waals surface area contributed by atoms with Crippen LogP contribution in [-0.4, -0.2) is 41.4 Å². The molecule has 0 radical (unpaired) electrons. The monoisotopic (exact) mass is 292 g/mol. The van der Waals surface area contributed by atoms with Gasteiger partial charge in [0.15, 0.2) is 0 Å². The molecule has 1 aromatic rings. The molecule has 1 fully saturated rings. The molecule has 1 aromatic carbocycles. The van der Waals surface area contributed by atoms with Crippen molar-refractivity contribution >= 4 is 17.6 Å². The molecule has 21 heavy (non-hydrogen) atoms. The number of nitro benzene ring substituents is 1. The third kappa shape index (κ3) is 2.86. The average Bonchev–Trinajstić information content (AvgIpc) is 2.75. The van der Waals surface area contributed by atoms with Gasteiger partial charge in [0, 0.05) is 31.5 Å². The number of nitrogens with zero attached hydrogens (tertiary/aromatic N) is 2. The van der Waals surface area contributed by atoms with Crippen LogP contribution in [0.4, 0.5) is 5.69 Å². The Hall–Kier alpha value is -2.44. The fraction of sp³-hybridized carbons (Fsp3) is 0.429. The van der Waals surface area contributed by atoms with Crippen molar-refractivity contribution in [3.05, 3.63) is 39.9 Å². The smallest absolute Gasteiger partial charge is 0.329 e. The zero-order chi connectivity index (χ0) is 15.6. The van der Waals surface area contributed by atoms with Crippen LogP contribution in [0.25, 0.3) is 0 Å². The van der Waals surface area contributed by atoms with Crippen molar-refractivity contribution in [3.63, 3.8) is 0 Å². The second-order valence-corrected chi connectivity index (χ2v) is 4.86. The Labute approximate surface area is 121 Å². The first-order valence-corrected chi connectivity index (χ1v) is 6.62. The molecule has 0 bridgehead atoms. The number of likely N-dealkylation sites (N-methyl/N-ethyl adjacent to an activating group) is 1. The molecule has 2 rings (SSSR count). The highest BCUT2D eigenvalue weighted by Crippen LogP contribution is 2.34. The fourth-order valence-electron chi connectivity index (χ4n) is 2.56. The number of carbonyl (C=O) groups is 2. The summed E-state index contributed by atoms with van der Waals surface area (Å²) in [6.45, 7) is 1.94. The van der Waals surface area contributed by atoms with Gasteiger partial charge in [-0.05, 0) is 12.5 Å². The van der Waals surface area contributed by atoms with Gasteiger partial charge >= 0.3 is 5.97 Å². The van der Waals surface area contributed by atoms with E-state index in [2.05, 4.69) is 0 Å². The number of nitro groups is 1. The normalized spacial score (nSPS) is 21.4. The number of esters is 1. The maximum atomic E-state index is 12.0. The van der Waals surface area contributed by atoms with E-state index >= 15 is 0 Å². The highest BCUT2D eigenvalue weighted by molar-refractivity contribution is 5.90. The van der Waals surface area contributed by atoms with Gasteiger partial charge in [-0.15, -0.1) is 0 Å². The Balaban J connectivity index is 2.29. The Morgan fingerprint density at radius 2 is 2.05 bits per heavy atom. The van der Waals surface area contributed by atoms with E-state index in [1.807, 2.05) is 0 Å². The van der Waals surface area contributed by atoms with Gasteiger partial charge in [0.25, 0.3) is 5.69 Å². The van der Waals surface area contributed by atoms with Crippen LogP contribution in [-0.2, 0) is 14.3 Å². The minimum absolute atomic E-state index is 0.0240. The maximum Gasteiger partial charge on any atom is 0.329 e. The highest BCUT2D eigenvalue weighted by Gasteiger charge is 2.43. The Kier molecular flexibility index (Phi) is 4.21. The molecule has 1 saturated heterocycles. The van der Waals surface area contributed by atoms with Crippen molar-refractivity contribution < 1.29 is 19.2 Å². The second-order valence-electron chi connectivity index (χ2n) is 4.86. The molecular weight excluding hydrogens is 276 g/mol. The molecule has 1 aliphatic heterocycles. The SMILES string of the molecule is CCOC(=O)C1C(c2ccc([N+](=O)[O-])cc2)CC(=O)N1C. The van der Waals surface area contributed by atoms with Gasteiger partial charge in [-0.3, -0.25) is 14.9 Å². The molecule has 0 saturated carbocycles. The van der Waals surface area contributed by atoms with E-state index in [0.29, 0.717) is 0 Å². The second kappa shape index (κ2) is 5.90. The largest absolute Gasteiger partial charge is 0.464 e. The molecule has 2 atom stereocenters. The van der Waals surface area contributed by atoms with Crippen LogP contribution in [0.3, 0.4) is 0 Å². The van der Waals surface area contributed by atoms with Crippen LogP contribution in [0.1, 0.15) is 24.8 Å². The summed E-state index contributed by atoms with van der Waals surface area (Å²) in [6, 6.07) is 5.24. The molecule has 1 aliphatic rings. The lowest BCUT2D eigenvalue weighted by Crippen LogP contribution is -2.39. The molecule has 1 amide bonds. The lowest BCUT2D eigenvalue weighted by molar-refractivity contribution is -0.384. The van der Waals surface area contributed by atoms with Gasteiger partial charge in [0.1, 0.15) is 6.04 Å². The molecule has 2 unspecified atom stereocenters. The van der Waals surface area contributed by atoms with Gasteiger partial charge in [0.05, 0.1) is 11.5 Å². The number of hydrogen-bond acceptors (Lipinski definition) is 5. The third-order valence-corrected chi connectivity index (χ3v) is 3.65. The van der Waals surface area contributed by atoms with E-state index in [1.165, 1.54) is 17.0 Å². The Morgan fingerprint density at radius 3 is 2.57 bits per heavy atom. The summed E-state index contributed by atoms with van der Waals surface area (Å²) in [6.07, 6.45) is 0.192. The predicted octanol–water partition coefficient (Wildman–Crippen LogP) is 1.47. The number of likely N-dealkylation sites (tertiary alicyclic amines) is 1. The van der Waals surface area contributed by atoms with E-state index in [0.717, 1.165) is 5.56 Å². The van der Waals surface area contributed by atoms with Gasteiger partial charge in [-0.25, -0.2) is 4.79 Å². The quantitative estimate of drug-likeness (QED) is 0.476. The lowest BCUT2D eigenvalue weighted by atomic mass is 9.91. The molecular formula is C14H16N2O5. The van der Waals surface area contributed by atoms with Crippen LogP contribution in [0, 0.1) is 10.1 Å². The van der Waals surface area contributed by atoms with E-state index in [1.54, 1.807) is 26.1 Å². The van der Waals surface area contributed by atoms with Crippen molar-refractivity contribution in [1.82, 2.24) is 4.90 Å². The van der Waals surface area contributed by atoms with Gasteiger partial charge in [0.2, 0.25) is 5.91 Å². The van der Waals surface area contributed by atoms with Gasteiger partial charge < -0.3 is 9.64 Å². The number of benzene rings is 1. The van der Waals surface area contributed by atoms with Crippen LogP contribution in [0.5, 0.6) is 0 Å². The summed E-state index contributed by atoms with van der Waals surface area (Å²) < 4.78 is 5.02. The summed E-state index contributed by atoms with van der Waals surface area (Å²) in [7, 11) is 1.56. The zero-order valence-corrected chi connectivity index (χ0v) is 11.8. The number of carbonyl (C=O) groups excluding carboxylic acids is 2. The summed E-state index contributed by atoms with van der Waals surface area (Å²) in [5.74, 6) is -0.937. The average molecular weight is 292 g/mol. The van der Waals surface area contributed by atoms with Crippen molar-refractivity contribution in [2.45, 2.75) is 25.3 Å².